The van der Waals surface area contributed by atoms with Gasteiger partial charge in [-0.25, -0.2) is 13.6 Å². The van der Waals surface area contributed by atoms with E-state index >= 15 is 0 Å². The lowest BCUT2D eigenvalue weighted by atomic mass is 9.93. The number of hydrogen-bond donors (Lipinski definition) is 3. The molecule has 1 fully saturated rings. The average molecular weight is 270 g/mol. The SMILES string of the molecule is O=C(Nc1ccc(F)c(F)c1)NC1CCC(O)CC1. The monoisotopic (exact) mass is 270 g/mol. The molecule has 1 saturated carbocycles. The lowest BCUT2D eigenvalue weighted by Gasteiger charge is -2.26. The molecule has 0 aliphatic heterocycles. The zero-order chi connectivity index (χ0) is 13.8. The largest absolute Gasteiger partial charge is 0.393 e. The van der Waals surface area contributed by atoms with E-state index < -0.39 is 17.7 Å². The maximum Gasteiger partial charge on any atom is 0.319 e. The highest BCUT2D eigenvalue weighted by Gasteiger charge is 2.20. The Bertz CT molecular complexity index is 460. The van der Waals surface area contributed by atoms with Crippen molar-refractivity contribution in [2.45, 2.75) is 37.8 Å². The van der Waals surface area contributed by atoms with Gasteiger partial charge in [0.05, 0.1) is 6.10 Å². The summed E-state index contributed by atoms with van der Waals surface area (Å²) in [5, 5.41) is 14.5. The first kappa shape index (κ1) is 13.7. The van der Waals surface area contributed by atoms with Crippen molar-refractivity contribution in [3.05, 3.63) is 29.8 Å². The van der Waals surface area contributed by atoms with Crippen molar-refractivity contribution in [2.75, 3.05) is 5.32 Å². The molecule has 0 spiro atoms. The third-order valence-corrected chi connectivity index (χ3v) is 3.21. The first-order valence-electron chi connectivity index (χ1n) is 6.25. The second-order valence-electron chi connectivity index (χ2n) is 4.73. The smallest absolute Gasteiger partial charge is 0.319 e. The first-order valence-corrected chi connectivity index (χ1v) is 6.25. The highest BCUT2D eigenvalue weighted by atomic mass is 19.2. The molecule has 2 rings (SSSR count). The highest BCUT2D eigenvalue weighted by Crippen LogP contribution is 2.18. The fraction of sp³-hybridized carbons (Fsp3) is 0.462. The zero-order valence-corrected chi connectivity index (χ0v) is 10.3. The van der Waals surface area contributed by atoms with Crippen LogP contribution in [0, 0.1) is 11.6 Å². The van der Waals surface area contributed by atoms with Crippen LogP contribution in [-0.2, 0) is 0 Å². The number of anilines is 1. The van der Waals surface area contributed by atoms with Gasteiger partial charge in [-0.15, -0.1) is 0 Å². The van der Waals surface area contributed by atoms with Gasteiger partial charge in [0.15, 0.2) is 11.6 Å². The Labute approximate surface area is 109 Å². The van der Waals surface area contributed by atoms with Crippen LogP contribution in [0.4, 0.5) is 19.3 Å². The number of nitrogens with one attached hydrogen (secondary N) is 2. The minimum Gasteiger partial charge on any atom is -0.393 e. The second kappa shape index (κ2) is 5.97. The standard InChI is InChI=1S/C13H16F2N2O2/c14-11-6-3-9(7-12(11)15)17-13(19)16-8-1-4-10(18)5-2-8/h3,6-8,10,18H,1-2,4-5H2,(H2,16,17,19). The number of carbonyl (C=O) groups excluding carboxylic acids is 1. The molecule has 3 N–H and O–H groups in total. The van der Waals surface area contributed by atoms with Crippen LogP contribution in [0.15, 0.2) is 18.2 Å². The van der Waals surface area contributed by atoms with Crippen molar-refractivity contribution in [2.24, 2.45) is 0 Å². The number of benzene rings is 1. The molecule has 6 heteroatoms. The summed E-state index contributed by atoms with van der Waals surface area (Å²) in [6, 6.07) is 2.74. The van der Waals surface area contributed by atoms with Crippen LogP contribution in [-0.4, -0.2) is 23.3 Å². The molecule has 0 radical (unpaired) electrons. The maximum atomic E-state index is 13.0. The molecule has 0 atom stereocenters. The zero-order valence-electron chi connectivity index (χ0n) is 10.3. The van der Waals surface area contributed by atoms with Gasteiger partial charge in [-0.1, -0.05) is 0 Å². The summed E-state index contributed by atoms with van der Waals surface area (Å²) in [7, 11) is 0. The van der Waals surface area contributed by atoms with E-state index in [2.05, 4.69) is 10.6 Å². The van der Waals surface area contributed by atoms with Crippen molar-refractivity contribution in [3.63, 3.8) is 0 Å². The molecular formula is C13H16F2N2O2. The van der Waals surface area contributed by atoms with Gasteiger partial charge in [0, 0.05) is 17.8 Å². The summed E-state index contributed by atoms with van der Waals surface area (Å²) in [6.07, 6.45) is 2.47. The fourth-order valence-corrected chi connectivity index (χ4v) is 2.15. The summed E-state index contributed by atoms with van der Waals surface area (Å²) in [5.41, 5.74) is 0.201. The Morgan fingerprint density at radius 3 is 2.47 bits per heavy atom. The van der Waals surface area contributed by atoms with Crippen LogP contribution in [0.2, 0.25) is 0 Å². The van der Waals surface area contributed by atoms with Crippen LogP contribution in [0.1, 0.15) is 25.7 Å². The minimum atomic E-state index is -1.00. The van der Waals surface area contributed by atoms with Gasteiger partial charge >= 0.3 is 6.03 Å². The van der Waals surface area contributed by atoms with Gasteiger partial charge in [-0.3, -0.25) is 0 Å². The molecule has 1 aromatic rings. The lowest BCUT2D eigenvalue weighted by molar-refractivity contribution is 0.118. The quantitative estimate of drug-likeness (QED) is 0.772. The summed E-state index contributed by atoms with van der Waals surface area (Å²) in [5.74, 6) is -1.95. The summed E-state index contributed by atoms with van der Waals surface area (Å²) in [4.78, 5) is 11.7. The fourth-order valence-electron chi connectivity index (χ4n) is 2.15. The Morgan fingerprint density at radius 1 is 1.16 bits per heavy atom. The molecule has 2 amide bonds. The van der Waals surface area contributed by atoms with E-state index in [1.807, 2.05) is 0 Å². The van der Waals surface area contributed by atoms with E-state index in [0.717, 1.165) is 12.1 Å². The Morgan fingerprint density at radius 2 is 1.84 bits per heavy atom. The summed E-state index contributed by atoms with van der Waals surface area (Å²) >= 11 is 0. The van der Waals surface area contributed by atoms with Crippen molar-refractivity contribution in [3.8, 4) is 0 Å². The van der Waals surface area contributed by atoms with Gasteiger partial charge in [0.1, 0.15) is 0 Å². The van der Waals surface area contributed by atoms with E-state index in [1.165, 1.54) is 6.07 Å². The molecule has 104 valence electrons. The van der Waals surface area contributed by atoms with Crippen molar-refractivity contribution in [1.82, 2.24) is 5.32 Å². The Hall–Kier alpha value is -1.69. The molecule has 0 saturated heterocycles. The van der Waals surface area contributed by atoms with Crippen LogP contribution in [0.3, 0.4) is 0 Å². The van der Waals surface area contributed by atoms with E-state index in [9.17, 15) is 18.7 Å². The molecule has 19 heavy (non-hydrogen) atoms. The molecular weight excluding hydrogens is 254 g/mol. The highest BCUT2D eigenvalue weighted by molar-refractivity contribution is 5.89. The second-order valence-corrected chi connectivity index (χ2v) is 4.73. The first-order chi connectivity index (χ1) is 9.04. The molecule has 1 aliphatic rings. The average Bonchev–Trinajstić information content (AvgIpc) is 2.37. The van der Waals surface area contributed by atoms with Gasteiger partial charge < -0.3 is 15.7 Å². The third kappa shape index (κ3) is 3.89. The van der Waals surface area contributed by atoms with Crippen molar-refractivity contribution in [1.29, 1.82) is 0 Å². The molecule has 1 aliphatic carbocycles. The van der Waals surface area contributed by atoms with Crippen LogP contribution in [0.25, 0.3) is 0 Å². The van der Waals surface area contributed by atoms with Crippen molar-refractivity contribution >= 4 is 11.7 Å². The molecule has 0 heterocycles. The van der Waals surface area contributed by atoms with Crippen molar-refractivity contribution < 1.29 is 18.7 Å². The van der Waals surface area contributed by atoms with Crippen LogP contribution < -0.4 is 10.6 Å². The maximum absolute atomic E-state index is 13.0. The lowest BCUT2D eigenvalue weighted by Crippen LogP contribution is -2.40. The predicted octanol–water partition coefficient (Wildman–Crippen LogP) is 2.39. The van der Waals surface area contributed by atoms with E-state index in [0.29, 0.717) is 25.7 Å². The minimum absolute atomic E-state index is 0.00805. The van der Waals surface area contributed by atoms with Gasteiger partial charge in [0.2, 0.25) is 0 Å². The van der Waals surface area contributed by atoms with Crippen LogP contribution >= 0.6 is 0 Å². The summed E-state index contributed by atoms with van der Waals surface area (Å²) < 4.78 is 25.7. The van der Waals surface area contributed by atoms with Gasteiger partial charge in [-0.05, 0) is 37.8 Å². The molecule has 4 nitrogen and oxygen atoms in total. The number of carbonyl (C=O) groups is 1. The molecule has 0 aromatic heterocycles. The number of rotatable bonds is 2. The Kier molecular flexibility index (Phi) is 4.31. The number of aliphatic hydroxyl groups is 1. The molecule has 0 bridgehead atoms. The molecule has 1 aromatic carbocycles. The Balaban J connectivity index is 1.85. The van der Waals surface area contributed by atoms with E-state index in [1.54, 1.807) is 0 Å². The third-order valence-electron chi connectivity index (χ3n) is 3.21. The van der Waals surface area contributed by atoms with E-state index in [-0.39, 0.29) is 17.8 Å². The number of amides is 2. The van der Waals surface area contributed by atoms with E-state index in [4.69, 9.17) is 0 Å². The summed E-state index contributed by atoms with van der Waals surface area (Å²) in [6.45, 7) is 0. The number of halogens is 2. The van der Waals surface area contributed by atoms with Gasteiger partial charge in [-0.2, -0.15) is 0 Å². The number of urea groups is 1. The predicted molar refractivity (Wildman–Crippen MR) is 66.8 cm³/mol. The normalized spacial score (nSPS) is 22.9. The topological polar surface area (TPSA) is 61.4 Å². The van der Waals surface area contributed by atoms with Gasteiger partial charge in [0.25, 0.3) is 0 Å². The number of aliphatic hydroxyl groups excluding tert-OH is 1. The number of hydrogen-bond acceptors (Lipinski definition) is 2. The van der Waals surface area contributed by atoms with Crippen LogP contribution in [0.5, 0.6) is 0 Å². The molecule has 0 unspecified atom stereocenters.